The Hall–Kier alpha value is -1.93. The molecule has 0 radical (unpaired) electrons. The molecule has 5 atom stereocenters. The molecular formula is C20H20BrClN2O5. The molecule has 0 unspecified atom stereocenters. The van der Waals surface area contributed by atoms with Crippen LogP contribution in [0.2, 0.25) is 5.02 Å². The fourth-order valence-corrected chi connectivity index (χ4v) is 5.37. The molecule has 1 aromatic rings. The van der Waals surface area contributed by atoms with E-state index in [1.807, 2.05) is 0 Å². The highest BCUT2D eigenvalue weighted by Crippen LogP contribution is 2.56. The zero-order chi connectivity index (χ0) is 20.9. The van der Waals surface area contributed by atoms with Crippen LogP contribution >= 0.6 is 27.5 Å². The third-order valence-corrected chi connectivity index (χ3v) is 7.47. The van der Waals surface area contributed by atoms with Gasteiger partial charge >= 0.3 is 5.97 Å². The largest absolute Gasteiger partial charge is 0.454 e. The molecule has 1 saturated heterocycles. The van der Waals surface area contributed by atoms with Gasteiger partial charge in [-0.3, -0.25) is 19.3 Å². The first-order valence-corrected chi connectivity index (χ1v) is 10.7. The Bertz CT molecular complexity index is 879. The molecule has 1 heterocycles. The van der Waals surface area contributed by atoms with Crippen LogP contribution in [0.3, 0.4) is 0 Å². The molecule has 29 heavy (non-hydrogen) atoms. The van der Waals surface area contributed by atoms with Crippen LogP contribution in [-0.2, 0) is 23.9 Å². The number of nitrogens with zero attached hydrogens (tertiary/aromatic N) is 1. The van der Waals surface area contributed by atoms with Gasteiger partial charge in [-0.2, -0.15) is 0 Å². The highest BCUT2D eigenvalue weighted by molar-refractivity contribution is 9.10. The van der Waals surface area contributed by atoms with Crippen molar-refractivity contribution in [1.82, 2.24) is 4.90 Å². The lowest BCUT2D eigenvalue weighted by Crippen LogP contribution is -2.45. The first-order valence-electron chi connectivity index (χ1n) is 9.56. The molecule has 0 spiro atoms. The fourth-order valence-electron chi connectivity index (χ4n) is 4.95. The van der Waals surface area contributed by atoms with Crippen LogP contribution in [0.5, 0.6) is 0 Å². The number of anilines is 1. The summed E-state index contributed by atoms with van der Waals surface area (Å²) in [6, 6.07) is 3.84. The molecule has 0 aromatic heterocycles. The van der Waals surface area contributed by atoms with E-state index in [1.54, 1.807) is 18.2 Å². The molecule has 2 aliphatic carbocycles. The Morgan fingerprint density at radius 2 is 1.86 bits per heavy atom. The lowest BCUT2D eigenvalue weighted by atomic mass is 9.81. The molecular weight excluding hydrogens is 464 g/mol. The number of fused-ring (bicyclic) bond motifs is 5. The van der Waals surface area contributed by atoms with E-state index in [2.05, 4.69) is 21.2 Å². The van der Waals surface area contributed by atoms with E-state index in [1.165, 1.54) is 6.92 Å². The minimum atomic E-state index is -1.05. The maximum Gasteiger partial charge on any atom is 0.329 e. The van der Waals surface area contributed by atoms with Crippen LogP contribution in [0.4, 0.5) is 5.69 Å². The first-order chi connectivity index (χ1) is 13.8. The van der Waals surface area contributed by atoms with Gasteiger partial charge in [0.15, 0.2) is 6.61 Å². The highest BCUT2D eigenvalue weighted by Gasteiger charge is 2.62. The van der Waals surface area contributed by atoms with Gasteiger partial charge in [-0.1, -0.05) is 11.6 Å². The van der Waals surface area contributed by atoms with Gasteiger partial charge < -0.3 is 10.1 Å². The molecule has 1 N–H and O–H groups in total. The SMILES string of the molecule is C[C@H](C(=O)OCC(=O)Nc1ccc(Br)c(Cl)c1)N1C(=O)[C@H]2[C@H]3CC[C@@H](C3)[C@@H]2C1=O. The molecule has 3 fully saturated rings. The molecule has 154 valence electrons. The number of amides is 3. The van der Waals surface area contributed by atoms with Crippen LogP contribution in [0.15, 0.2) is 22.7 Å². The molecule has 2 bridgehead atoms. The maximum absolute atomic E-state index is 12.8. The van der Waals surface area contributed by atoms with E-state index in [0.717, 1.165) is 24.2 Å². The number of carbonyl (C=O) groups is 4. The summed E-state index contributed by atoms with van der Waals surface area (Å²) in [6.45, 7) is 0.943. The summed E-state index contributed by atoms with van der Waals surface area (Å²) in [7, 11) is 0. The summed E-state index contributed by atoms with van der Waals surface area (Å²) in [4.78, 5) is 51.0. The summed E-state index contributed by atoms with van der Waals surface area (Å²) in [5.74, 6) is -1.95. The summed E-state index contributed by atoms with van der Waals surface area (Å²) < 4.78 is 5.74. The maximum atomic E-state index is 12.8. The van der Waals surface area contributed by atoms with Crippen molar-refractivity contribution in [3.05, 3.63) is 27.7 Å². The summed E-state index contributed by atoms with van der Waals surface area (Å²) in [5.41, 5.74) is 0.459. The number of ether oxygens (including phenoxy) is 1. The van der Waals surface area contributed by atoms with E-state index in [4.69, 9.17) is 16.3 Å². The number of esters is 1. The van der Waals surface area contributed by atoms with Gasteiger partial charge in [-0.25, -0.2) is 4.79 Å². The lowest BCUT2D eigenvalue weighted by Gasteiger charge is -2.23. The third kappa shape index (κ3) is 3.57. The van der Waals surface area contributed by atoms with Crippen LogP contribution in [0.1, 0.15) is 26.2 Å². The smallest absolute Gasteiger partial charge is 0.329 e. The van der Waals surface area contributed by atoms with Crippen molar-refractivity contribution in [3.8, 4) is 0 Å². The highest BCUT2D eigenvalue weighted by atomic mass is 79.9. The minimum Gasteiger partial charge on any atom is -0.454 e. The fraction of sp³-hybridized carbons (Fsp3) is 0.500. The summed E-state index contributed by atoms with van der Waals surface area (Å²) >= 11 is 9.24. The minimum absolute atomic E-state index is 0.248. The van der Waals surface area contributed by atoms with Crippen molar-refractivity contribution in [2.45, 2.75) is 32.2 Å². The Labute approximate surface area is 181 Å². The van der Waals surface area contributed by atoms with Crippen LogP contribution < -0.4 is 5.32 Å². The number of halogens is 2. The van der Waals surface area contributed by atoms with Gasteiger partial charge in [0.2, 0.25) is 11.8 Å². The zero-order valence-corrected chi connectivity index (χ0v) is 18.0. The Morgan fingerprint density at radius 3 is 2.45 bits per heavy atom. The standard InChI is InChI=1S/C20H20BrClN2O5/c1-9(24-18(26)16-10-2-3-11(6-10)17(16)19(24)27)20(28)29-8-15(25)23-12-4-5-13(21)14(22)7-12/h4-5,7,9-11,16-17H,2-3,6,8H2,1H3,(H,23,25)/t9-,10+,11+,16+,17+/m1/s1. The van der Waals surface area contributed by atoms with Crippen molar-refractivity contribution in [2.24, 2.45) is 23.7 Å². The van der Waals surface area contributed by atoms with Crippen molar-refractivity contribution in [3.63, 3.8) is 0 Å². The first kappa shape index (κ1) is 20.3. The van der Waals surface area contributed by atoms with Crippen molar-refractivity contribution < 1.29 is 23.9 Å². The average molecular weight is 484 g/mol. The van der Waals surface area contributed by atoms with Gasteiger partial charge in [0.05, 0.1) is 16.9 Å². The monoisotopic (exact) mass is 482 g/mol. The second-order valence-electron chi connectivity index (χ2n) is 7.89. The second-order valence-corrected chi connectivity index (χ2v) is 9.15. The predicted octanol–water partition coefficient (Wildman–Crippen LogP) is 3.00. The third-order valence-electron chi connectivity index (χ3n) is 6.24. The van der Waals surface area contributed by atoms with Crippen molar-refractivity contribution >= 4 is 56.9 Å². The molecule has 4 rings (SSSR count). The van der Waals surface area contributed by atoms with Gasteiger partial charge in [0.25, 0.3) is 5.91 Å². The molecule has 7 nitrogen and oxygen atoms in total. The van der Waals surface area contributed by atoms with Crippen molar-refractivity contribution in [1.29, 1.82) is 0 Å². The predicted molar refractivity (Wildman–Crippen MR) is 108 cm³/mol. The summed E-state index contributed by atoms with van der Waals surface area (Å²) in [6.07, 6.45) is 2.87. The molecule has 9 heteroatoms. The van der Waals surface area contributed by atoms with E-state index in [9.17, 15) is 19.2 Å². The number of likely N-dealkylation sites (tertiary alicyclic amines) is 1. The normalized spacial score (nSPS) is 28.4. The molecule has 3 aliphatic rings. The number of rotatable bonds is 5. The van der Waals surface area contributed by atoms with E-state index in [0.29, 0.717) is 15.2 Å². The van der Waals surface area contributed by atoms with E-state index in [-0.39, 0.29) is 35.5 Å². The quantitative estimate of drug-likeness (QED) is 0.513. The number of imide groups is 1. The number of benzene rings is 1. The Morgan fingerprint density at radius 1 is 1.24 bits per heavy atom. The second kappa shape index (κ2) is 7.72. The number of hydrogen-bond donors (Lipinski definition) is 1. The van der Waals surface area contributed by atoms with Gasteiger partial charge in [0, 0.05) is 10.2 Å². The van der Waals surface area contributed by atoms with Gasteiger partial charge in [-0.15, -0.1) is 0 Å². The molecule has 1 aliphatic heterocycles. The van der Waals surface area contributed by atoms with Crippen LogP contribution in [-0.4, -0.2) is 41.2 Å². The van der Waals surface area contributed by atoms with E-state index >= 15 is 0 Å². The van der Waals surface area contributed by atoms with Gasteiger partial charge in [0.1, 0.15) is 6.04 Å². The molecule has 2 saturated carbocycles. The Kier molecular flexibility index (Phi) is 5.42. The average Bonchev–Trinajstić information content (AvgIpc) is 3.36. The van der Waals surface area contributed by atoms with Crippen molar-refractivity contribution in [2.75, 3.05) is 11.9 Å². The van der Waals surface area contributed by atoms with Gasteiger partial charge in [-0.05, 0) is 72.2 Å². The number of carbonyl (C=O) groups excluding carboxylic acids is 4. The molecule has 1 aromatic carbocycles. The summed E-state index contributed by atoms with van der Waals surface area (Å²) in [5, 5.41) is 3.00. The molecule has 3 amide bonds. The van der Waals surface area contributed by atoms with Crippen LogP contribution in [0, 0.1) is 23.7 Å². The number of hydrogen-bond acceptors (Lipinski definition) is 5. The topological polar surface area (TPSA) is 92.8 Å². The lowest BCUT2D eigenvalue weighted by molar-refractivity contribution is -0.159. The Balaban J connectivity index is 1.34. The number of nitrogens with one attached hydrogen (secondary N) is 1. The zero-order valence-electron chi connectivity index (χ0n) is 15.7. The van der Waals surface area contributed by atoms with E-state index < -0.39 is 24.5 Å². The van der Waals surface area contributed by atoms with Crippen LogP contribution in [0.25, 0.3) is 0 Å².